The molecule has 0 aliphatic heterocycles. The highest BCUT2D eigenvalue weighted by molar-refractivity contribution is 6.04. The number of carbonyl (C=O) groups is 1. The average Bonchev–Trinajstić information content (AvgIpc) is 2.82. The van der Waals surface area contributed by atoms with E-state index in [0.717, 1.165) is 10.9 Å². The van der Waals surface area contributed by atoms with Crippen molar-refractivity contribution < 1.29 is 19.6 Å². The number of aromatic hydroxyl groups is 1. The number of non-ortho nitro benzene ring substituents is 1. The maximum Gasteiger partial charge on any atom is 0.415 e. The number of anilines is 1. The molecule has 32 heavy (non-hydrogen) atoms. The van der Waals surface area contributed by atoms with Crippen molar-refractivity contribution in [1.82, 2.24) is 0 Å². The average molecular weight is 428 g/mol. The van der Waals surface area contributed by atoms with Crippen molar-refractivity contribution in [2.45, 2.75) is 13.2 Å². The Bertz CT molecular complexity index is 1270. The molecule has 0 saturated heterocycles. The molecule has 0 radical (unpaired) electrons. The van der Waals surface area contributed by atoms with E-state index in [1.54, 1.807) is 24.3 Å². The molecular weight excluding hydrogens is 408 g/mol. The maximum atomic E-state index is 13.2. The molecule has 0 spiro atoms. The fourth-order valence-electron chi connectivity index (χ4n) is 3.51. The number of nitrogens with zero attached hydrogens (tertiary/aromatic N) is 2. The number of phenols is 1. The molecular formula is C25H20N2O5. The smallest absolute Gasteiger partial charge is 0.415 e. The van der Waals surface area contributed by atoms with Gasteiger partial charge in [0.15, 0.2) is 0 Å². The molecule has 0 unspecified atom stereocenters. The van der Waals surface area contributed by atoms with Crippen molar-refractivity contribution in [3.8, 4) is 5.75 Å². The molecule has 0 aliphatic carbocycles. The van der Waals surface area contributed by atoms with E-state index in [0.29, 0.717) is 10.9 Å². The molecule has 7 nitrogen and oxygen atoms in total. The first-order valence-corrected chi connectivity index (χ1v) is 9.95. The van der Waals surface area contributed by atoms with Crippen LogP contribution in [-0.2, 0) is 17.9 Å². The van der Waals surface area contributed by atoms with Crippen LogP contribution < -0.4 is 4.90 Å². The standard InChI is InChI=1S/C25H20N2O5/c28-23-14-13-20-10-4-5-12-22(20)24(23)26(16-19-9-6-11-21(15-19)27(30)31)25(29)32-17-18-7-2-1-3-8-18/h1-15,28H,16-17H2. The Labute approximate surface area is 184 Å². The first kappa shape index (κ1) is 20.9. The number of hydrogen-bond donors (Lipinski definition) is 1. The summed E-state index contributed by atoms with van der Waals surface area (Å²) in [6.45, 7) is 0.0352. The molecule has 1 amide bonds. The van der Waals surface area contributed by atoms with Gasteiger partial charge in [-0.2, -0.15) is 0 Å². The number of ether oxygens (including phenoxy) is 1. The monoisotopic (exact) mass is 428 g/mol. The summed E-state index contributed by atoms with van der Waals surface area (Å²) in [5.41, 5.74) is 1.55. The van der Waals surface area contributed by atoms with Gasteiger partial charge in [0.05, 0.1) is 17.2 Å². The summed E-state index contributed by atoms with van der Waals surface area (Å²) in [5.74, 6) is -0.0919. The molecule has 0 bridgehead atoms. The normalized spacial score (nSPS) is 10.6. The maximum absolute atomic E-state index is 13.2. The Balaban J connectivity index is 1.73. The molecule has 1 N–H and O–H groups in total. The molecule has 0 aliphatic rings. The highest BCUT2D eigenvalue weighted by Gasteiger charge is 2.24. The Morgan fingerprint density at radius 2 is 1.62 bits per heavy atom. The van der Waals surface area contributed by atoms with Gasteiger partial charge in [-0.25, -0.2) is 4.79 Å². The molecule has 7 heteroatoms. The van der Waals surface area contributed by atoms with E-state index >= 15 is 0 Å². The van der Waals surface area contributed by atoms with Crippen LogP contribution in [-0.4, -0.2) is 16.1 Å². The van der Waals surface area contributed by atoms with Gasteiger partial charge < -0.3 is 9.84 Å². The first-order valence-electron chi connectivity index (χ1n) is 9.95. The lowest BCUT2D eigenvalue weighted by atomic mass is 10.1. The lowest BCUT2D eigenvalue weighted by Gasteiger charge is -2.25. The number of rotatable bonds is 6. The predicted octanol–water partition coefficient (Wildman–Crippen LogP) is 5.80. The lowest BCUT2D eigenvalue weighted by Crippen LogP contribution is -2.31. The quantitative estimate of drug-likeness (QED) is 0.310. The molecule has 0 saturated carbocycles. The van der Waals surface area contributed by atoms with Crippen LogP contribution in [0, 0.1) is 10.1 Å². The summed E-state index contributed by atoms with van der Waals surface area (Å²) >= 11 is 0. The molecule has 4 aromatic carbocycles. The number of phenolic OH excluding ortho intramolecular Hbond substituents is 1. The molecule has 4 aromatic rings. The van der Waals surface area contributed by atoms with Gasteiger partial charge in [0.2, 0.25) is 0 Å². The van der Waals surface area contributed by atoms with Crippen molar-refractivity contribution in [1.29, 1.82) is 0 Å². The van der Waals surface area contributed by atoms with Crippen molar-refractivity contribution in [3.63, 3.8) is 0 Å². The fourth-order valence-corrected chi connectivity index (χ4v) is 3.51. The zero-order valence-corrected chi connectivity index (χ0v) is 17.0. The van der Waals surface area contributed by atoms with Gasteiger partial charge >= 0.3 is 6.09 Å². The van der Waals surface area contributed by atoms with E-state index in [1.807, 2.05) is 48.5 Å². The van der Waals surface area contributed by atoms with Crippen LogP contribution >= 0.6 is 0 Å². The SMILES string of the molecule is O=C(OCc1ccccc1)N(Cc1cccc([N+](=O)[O-])c1)c1c(O)ccc2ccccc12. The minimum absolute atomic E-state index is 0.0170. The molecule has 160 valence electrons. The third kappa shape index (κ3) is 4.52. The van der Waals surface area contributed by atoms with Crippen LogP contribution in [0.3, 0.4) is 0 Å². The number of carbonyl (C=O) groups excluding carboxylic acids is 1. The highest BCUT2D eigenvalue weighted by atomic mass is 16.6. The second kappa shape index (κ2) is 9.18. The largest absolute Gasteiger partial charge is 0.506 e. The van der Waals surface area contributed by atoms with E-state index < -0.39 is 11.0 Å². The van der Waals surface area contributed by atoms with Gasteiger partial charge in [0.1, 0.15) is 12.4 Å². The second-order valence-corrected chi connectivity index (χ2v) is 7.21. The van der Waals surface area contributed by atoms with Gasteiger partial charge in [0, 0.05) is 17.5 Å². The number of nitro benzene ring substituents is 1. The van der Waals surface area contributed by atoms with Crippen molar-refractivity contribution in [2.24, 2.45) is 0 Å². The first-order chi connectivity index (χ1) is 15.5. The zero-order valence-electron chi connectivity index (χ0n) is 17.0. The number of benzene rings is 4. The summed E-state index contributed by atoms with van der Waals surface area (Å²) in [4.78, 5) is 25.2. The third-order valence-electron chi connectivity index (χ3n) is 5.04. The van der Waals surface area contributed by atoms with Crippen molar-refractivity contribution >= 4 is 28.2 Å². The molecule has 0 fully saturated rings. The summed E-state index contributed by atoms with van der Waals surface area (Å²) in [5, 5.41) is 23.4. The summed E-state index contributed by atoms with van der Waals surface area (Å²) in [7, 11) is 0. The van der Waals surface area contributed by atoms with Crippen molar-refractivity contribution in [2.75, 3.05) is 4.90 Å². The Kier molecular flexibility index (Phi) is 5.98. The van der Waals surface area contributed by atoms with Crippen LogP contribution in [0.2, 0.25) is 0 Å². The zero-order chi connectivity index (χ0) is 22.5. The molecule has 4 rings (SSSR count). The number of amides is 1. The van der Waals surface area contributed by atoms with Gasteiger partial charge in [-0.05, 0) is 22.6 Å². The fraction of sp³-hybridized carbons (Fsp3) is 0.0800. The van der Waals surface area contributed by atoms with E-state index in [9.17, 15) is 20.0 Å². The molecule has 0 heterocycles. The molecule has 0 atom stereocenters. The van der Waals surface area contributed by atoms with Crippen LogP contribution in [0.1, 0.15) is 11.1 Å². The summed E-state index contributed by atoms with van der Waals surface area (Å²) in [6.07, 6.45) is -0.674. The van der Waals surface area contributed by atoms with Crippen LogP contribution in [0.15, 0.2) is 91.0 Å². The number of fused-ring (bicyclic) bond motifs is 1. The Morgan fingerprint density at radius 3 is 2.41 bits per heavy atom. The molecule has 0 aromatic heterocycles. The van der Waals surface area contributed by atoms with Gasteiger partial charge in [-0.3, -0.25) is 15.0 Å². The Hall–Kier alpha value is -4.39. The van der Waals surface area contributed by atoms with Crippen LogP contribution in [0.4, 0.5) is 16.2 Å². The van der Waals surface area contributed by atoms with E-state index in [1.165, 1.54) is 23.1 Å². The van der Waals surface area contributed by atoms with Gasteiger partial charge in [0.25, 0.3) is 5.69 Å². The minimum atomic E-state index is -0.674. The lowest BCUT2D eigenvalue weighted by molar-refractivity contribution is -0.384. The predicted molar refractivity (Wildman–Crippen MR) is 122 cm³/mol. The van der Waals surface area contributed by atoms with E-state index in [4.69, 9.17) is 4.74 Å². The number of hydrogen-bond acceptors (Lipinski definition) is 5. The highest BCUT2D eigenvalue weighted by Crippen LogP contribution is 2.37. The van der Waals surface area contributed by atoms with Gasteiger partial charge in [-0.15, -0.1) is 0 Å². The Morgan fingerprint density at radius 1 is 0.906 bits per heavy atom. The second-order valence-electron chi connectivity index (χ2n) is 7.21. The number of nitro groups is 1. The van der Waals surface area contributed by atoms with Crippen LogP contribution in [0.25, 0.3) is 10.8 Å². The van der Waals surface area contributed by atoms with E-state index in [2.05, 4.69) is 0 Å². The van der Waals surface area contributed by atoms with Crippen LogP contribution in [0.5, 0.6) is 5.75 Å². The van der Waals surface area contributed by atoms with E-state index in [-0.39, 0.29) is 30.3 Å². The van der Waals surface area contributed by atoms with Gasteiger partial charge in [-0.1, -0.05) is 72.8 Å². The minimum Gasteiger partial charge on any atom is -0.506 e. The summed E-state index contributed by atoms with van der Waals surface area (Å²) < 4.78 is 5.54. The summed E-state index contributed by atoms with van der Waals surface area (Å²) in [6, 6.07) is 25.9. The van der Waals surface area contributed by atoms with Crippen molar-refractivity contribution in [3.05, 3.63) is 112 Å². The topological polar surface area (TPSA) is 92.9 Å². The third-order valence-corrected chi connectivity index (χ3v) is 5.04.